The van der Waals surface area contributed by atoms with Crippen molar-refractivity contribution in [3.05, 3.63) is 69.2 Å². The van der Waals surface area contributed by atoms with E-state index in [1.807, 2.05) is 0 Å². The highest BCUT2D eigenvalue weighted by Gasteiger charge is 2.16. The smallest absolute Gasteiger partial charge is 0.129 e. The van der Waals surface area contributed by atoms with Crippen LogP contribution in [0.5, 0.6) is 0 Å². The predicted molar refractivity (Wildman–Crippen MR) is 71.5 cm³/mol. The first-order chi connectivity index (χ1) is 8.97. The lowest BCUT2D eigenvalue weighted by Gasteiger charge is -2.13. The van der Waals surface area contributed by atoms with Gasteiger partial charge in [0.1, 0.15) is 11.6 Å². The fraction of sp³-hybridized carbons (Fsp3) is 0.143. The van der Waals surface area contributed by atoms with Crippen molar-refractivity contribution in [2.24, 2.45) is 0 Å². The molecule has 0 heterocycles. The number of aliphatic hydroxyl groups is 1. The van der Waals surface area contributed by atoms with Crippen molar-refractivity contribution in [3.8, 4) is 0 Å². The minimum Gasteiger partial charge on any atom is -0.388 e. The van der Waals surface area contributed by atoms with E-state index in [9.17, 15) is 13.9 Å². The Kier molecular flexibility index (Phi) is 4.40. The summed E-state index contributed by atoms with van der Waals surface area (Å²) in [6, 6.07) is 8.11. The van der Waals surface area contributed by atoms with Crippen LogP contribution in [0.2, 0.25) is 10.0 Å². The highest BCUT2D eigenvalue weighted by Crippen LogP contribution is 2.27. The van der Waals surface area contributed by atoms with Crippen LogP contribution in [0.3, 0.4) is 0 Å². The molecular weight excluding hydrogens is 293 g/mol. The standard InChI is InChI=1S/C14H10Cl2F2O/c15-9-4-8(5-10(16)6-9)14(19)7-11-12(17)2-1-3-13(11)18/h1-6,14,19H,7H2. The zero-order valence-corrected chi connectivity index (χ0v) is 11.2. The van der Waals surface area contributed by atoms with Crippen molar-refractivity contribution in [2.45, 2.75) is 12.5 Å². The van der Waals surface area contributed by atoms with Crippen LogP contribution < -0.4 is 0 Å². The van der Waals surface area contributed by atoms with E-state index in [4.69, 9.17) is 23.2 Å². The van der Waals surface area contributed by atoms with Crippen molar-refractivity contribution in [1.29, 1.82) is 0 Å². The zero-order valence-electron chi connectivity index (χ0n) is 9.71. The number of rotatable bonds is 3. The summed E-state index contributed by atoms with van der Waals surface area (Å²) in [6.07, 6.45) is -1.27. The summed E-state index contributed by atoms with van der Waals surface area (Å²) in [6.45, 7) is 0. The van der Waals surface area contributed by atoms with Crippen molar-refractivity contribution >= 4 is 23.2 Å². The fourth-order valence-corrected chi connectivity index (χ4v) is 2.35. The number of hydrogen-bond donors (Lipinski definition) is 1. The minimum absolute atomic E-state index is 0.161. The van der Waals surface area contributed by atoms with Gasteiger partial charge in [0.25, 0.3) is 0 Å². The van der Waals surface area contributed by atoms with E-state index >= 15 is 0 Å². The number of halogens is 4. The molecule has 1 unspecified atom stereocenters. The maximum absolute atomic E-state index is 13.5. The van der Waals surface area contributed by atoms with E-state index in [1.54, 1.807) is 0 Å². The minimum atomic E-state index is -1.08. The summed E-state index contributed by atoms with van der Waals surface area (Å²) < 4.78 is 27.0. The third-order valence-electron chi connectivity index (χ3n) is 2.73. The van der Waals surface area contributed by atoms with Gasteiger partial charge < -0.3 is 5.11 Å². The van der Waals surface area contributed by atoms with Crippen LogP contribution in [0.4, 0.5) is 8.78 Å². The van der Waals surface area contributed by atoms with Gasteiger partial charge in [-0.3, -0.25) is 0 Å². The molecule has 0 amide bonds. The van der Waals surface area contributed by atoms with Crippen LogP contribution in [0.15, 0.2) is 36.4 Å². The second-order valence-corrected chi connectivity index (χ2v) is 5.00. The summed E-state index contributed by atoms with van der Waals surface area (Å²) in [5, 5.41) is 10.7. The molecule has 19 heavy (non-hydrogen) atoms. The average Bonchev–Trinajstić information content (AvgIpc) is 2.32. The van der Waals surface area contributed by atoms with E-state index in [0.29, 0.717) is 15.6 Å². The van der Waals surface area contributed by atoms with Gasteiger partial charge in [-0.2, -0.15) is 0 Å². The molecule has 0 bridgehead atoms. The van der Waals surface area contributed by atoms with Crippen LogP contribution in [-0.2, 0) is 6.42 Å². The van der Waals surface area contributed by atoms with E-state index < -0.39 is 17.7 Å². The average molecular weight is 303 g/mol. The molecule has 2 aromatic carbocycles. The molecule has 0 aliphatic rings. The molecule has 0 radical (unpaired) electrons. The molecule has 1 N–H and O–H groups in total. The molecule has 0 saturated carbocycles. The predicted octanol–water partition coefficient (Wildman–Crippen LogP) is 4.55. The van der Waals surface area contributed by atoms with Gasteiger partial charge in [-0.15, -0.1) is 0 Å². The van der Waals surface area contributed by atoms with Crippen molar-refractivity contribution in [2.75, 3.05) is 0 Å². The first-order valence-electron chi connectivity index (χ1n) is 5.54. The molecule has 0 saturated heterocycles. The molecule has 5 heteroatoms. The van der Waals surface area contributed by atoms with E-state index in [0.717, 1.165) is 12.1 Å². The van der Waals surface area contributed by atoms with Gasteiger partial charge >= 0.3 is 0 Å². The summed E-state index contributed by atoms with van der Waals surface area (Å²) in [5.74, 6) is -1.38. The third kappa shape index (κ3) is 3.44. The first kappa shape index (κ1) is 14.3. The highest BCUT2D eigenvalue weighted by molar-refractivity contribution is 6.34. The molecule has 1 atom stereocenters. The van der Waals surface area contributed by atoms with Crippen LogP contribution in [0.1, 0.15) is 17.2 Å². The van der Waals surface area contributed by atoms with E-state index in [2.05, 4.69) is 0 Å². The summed E-state index contributed by atoms with van der Waals surface area (Å²) >= 11 is 11.6. The van der Waals surface area contributed by atoms with Gasteiger partial charge in [0.2, 0.25) is 0 Å². The number of benzene rings is 2. The Morgan fingerprint density at radius 2 is 1.53 bits per heavy atom. The Morgan fingerprint density at radius 3 is 2.05 bits per heavy atom. The lowest BCUT2D eigenvalue weighted by Crippen LogP contribution is -2.05. The number of hydrogen-bond acceptors (Lipinski definition) is 1. The second-order valence-electron chi connectivity index (χ2n) is 4.12. The Balaban J connectivity index is 2.28. The molecule has 0 aliphatic carbocycles. The largest absolute Gasteiger partial charge is 0.388 e. The molecule has 2 aromatic rings. The van der Waals surface area contributed by atoms with Crippen LogP contribution in [0, 0.1) is 11.6 Å². The Bertz CT molecular complexity index is 561. The van der Waals surface area contributed by atoms with Crippen LogP contribution in [-0.4, -0.2) is 5.11 Å². The molecule has 0 fully saturated rings. The maximum atomic E-state index is 13.5. The Labute approximate surface area is 119 Å². The van der Waals surface area contributed by atoms with E-state index in [-0.39, 0.29) is 12.0 Å². The van der Waals surface area contributed by atoms with E-state index in [1.165, 1.54) is 24.3 Å². The van der Waals surface area contributed by atoms with Gasteiger partial charge in [0.05, 0.1) is 6.10 Å². The van der Waals surface area contributed by atoms with Crippen molar-refractivity contribution in [3.63, 3.8) is 0 Å². The molecule has 2 rings (SSSR count). The monoisotopic (exact) mass is 302 g/mol. The zero-order chi connectivity index (χ0) is 14.0. The molecule has 1 nitrogen and oxygen atoms in total. The molecule has 100 valence electrons. The fourth-order valence-electron chi connectivity index (χ4n) is 1.81. The third-order valence-corrected chi connectivity index (χ3v) is 3.17. The first-order valence-corrected chi connectivity index (χ1v) is 6.30. The molecule has 0 aromatic heterocycles. The molecule has 0 spiro atoms. The summed E-state index contributed by atoms with van der Waals surface area (Å²) in [4.78, 5) is 0. The van der Waals surface area contributed by atoms with Crippen molar-refractivity contribution in [1.82, 2.24) is 0 Å². The Morgan fingerprint density at radius 1 is 1.00 bits per heavy atom. The van der Waals surface area contributed by atoms with Gasteiger partial charge in [-0.1, -0.05) is 29.3 Å². The Hall–Kier alpha value is -1.16. The van der Waals surface area contributed by atoms with Crippen molar-refractivity contribution < 1.29 is 13.9 Å². The van der Waals surface area contributed by atoms with Gasteiger partial charge in [0, 0.05) is 22.0 Å². The topological polar surface area (TPSA) is 20.2 Å². The number of aliphatic hydroxyl groups excluding tert-OH is 1. The molecule has 0 aliphatic heterocycles. The highest BCUT2D eigenvalue weighted by atomic mass is 35.5. The molecular formula is C14H10Cl2F2O. The maximum Gasteiger partial charge on any atom is 0.129 e. The van der Waals surface area contributed by atoms with Gasteiger partial charge in [0.15, 0.2) is 0 Å². The lowest BCUT2D eigenvalue weighted by molar-refractivity contribution is 0.175. The second kappa shape index (κ2) is 5.87. The quantitative estimate of drug-likeness (QED) is 0.882. The van der Waals surface area contributed by atoms with Crippen LogP contribution >= 0.6 is 23.2 Å². The summed E-state index contributed by atoms with van der Waals surface area (Å²) in [5.41, 5.74) is 0.256. The normalized spacial score (nSPS) is 12.5. The summed E-state index contributed by atoms with van der Waals surface area (Å²) in [7, 11) is 0. The lowest BCUT2D eigenvalue weighted by atomic mass is 10.0. The van der Waals surface area contributed by atoms with Crippen LogP contribution in [0.25, 0.3) is 0 Å². The SMILES string of the molecule is OC(Cc1c(F)cccc1F)c1cc(Cl)cc(Cl)c1. The van der Waals surface area contributed by atoms with Gasteiger partial charge in [-0.25, -0.2) is 8.78 Å². The van der Waals surface area contributed by atoms with Gasteiger partial charge in [-0.05, 0) is 35.9 Å².